The summed E-state index contributed by atoms with van der Waals surface area (Å²) in [7, 11) is 0. The van der Waals surface area contributed by atoms with Gasteiger partial charge < -0.3 is 15.6 Å². The summed E-state index contributed by atoms with van der Waals surface area (Å²) < 4.78 is 5.36. The molecule has 1 aromatic rings. The Labute approximate surface area is 103 Å². The van der Waals surface area contributed by atoms with Gasteiger partial charge in [0, 0.05) is 4.88 Å². The number of rotatable bonds is 6. The van der Waals surface area contributed by atoms with Gasteiger partial charge in [0.05, 0.1) is 0 Å². The molecule has 6 heteroatoms. The van der Waals surface area contributed by atoms with Crippen LogP contribution in [-0.4, -0.2) is 23.1 Å². The lowest BCUT2D eigenvalue weighted by molar-refractivity contribution is -0.124. The number of hydrogen-bond donors (Lipinski definition) is 2. The van der Waals surface area contributed by atoms with Crippen LogP contribution in [0.5, 0.6) is 5.75 Å². The quantitative estimate of drug-likeness (QED) is 0.810. The molecule has 1 aromatic heterocycles. The van der Waals surface area contributed by atoms with Crippen molar-refractivity contribution in [1.82, 2.24) is 0 Å². The van der Waals surface area contributed by atoms with Gasteiger partial charge in [0.1, 0.15) is 5.75 Å². The molecule has 0 radical (unpaired) electrons. The van der Waals surface area contributed by atoms with Crippen LogP contribution >= 0.6 is 11.3 Å². The zero-order valence-electron chi connectivity index (χ0n) is 9.73. The van der Waals surface area contributed by atoms with Crippen molar-refractivity contribution >= 4 is 23.2 Å². The highest BCUT2D eigenvalue weighted by atomic mass is 32.1. The maximum absolute atomic E-state index is 11.0. The lowest BCUT2D eigenvalue weighted by Crippen LogP contribution is -2.33. The van der Waals surface area contributed by atoms with Crippen LogP contribution in [0.15, 0.2) is 6.07 Å². The topological polar surface area (TPSA) is 89.6 Å². The Hall–Kier alpha value is -1.56. The summed E-state index contributed by atoms with van der Waals surface area (Å²) in [5.41, 5.74) is 5.15. The number of carbonyl (C=O) groups is 2. The Bertz CT molecular complexity index is 427. The largest absolute Gasteiger partial charge is 0.479 e. The fourth-order valence-electron chi connectivity index (χ4n) is 1.33. The molecule has 0 bridgehead atoms. The van der Waals surface area contributed by atoms with E-state index >= 15 is 0 Å². The normalized spacial score (nSPS) is 12.1. The average molecular weight is 257 g/mol. The molecule has 0 saturated heterocycles. The van der Waals surface area contributed by atoms with Crippen LogP contribution in [0.4, 0.5) is 0 Å². The van der Waals surface area contributed by atoms with E-state index in [-0.39, 0.29) is 10.6 Å². The molecule has 1 atom stereocenters. The smallest absolute Gasteiger partial charge is 0.349 e. The van der Waals surface area contributed by atoms with E-state index in [1.165, 1.54) is 0 Å². The standard InChI is InChI=1S/C11H15NO4S/c1-3-6-5-8(9(17-6)11(14)15)16-7(4-2)10(12)13/h5,7H,3-4H2,1-2H3,(H2,12,13)(H,14,15). The average Bonchev–Trinajstić information content (AvgIpc) is 2.68. The van der Waals surface area contributed by atoms with Crippen molar-refractivity contribution in [3.63, 3.8) is 0 Å². The number of carboxylic acid groups (broad SMARTS) is 1. The maximum atomic E-state index is 11.0. The first kappa shape index (κ1) is 13.5. The van der Waals surface area contributed by atoms with E-state index in [0.717, 1.165) is 22.6 Å². The van der Waals surface area contributed by atoms with E-state index in [0.29, 0.717) is 6.42 Å². The third kappa shape index (κ3) is 3.20. The third-order valence-corrected chi connectivity index (χ3v) is 3.50. The molecule has 3 N–H and O–H groups in total. The minimum Gasteiger partial charge on any atom is -0.479 e. The van der Waals surface area contributed by atoms with E-state index in [1.54, 1.807) is 13.0 Å². The van der Waals surface area contributed by atoms with Crippen LogP contribution in [0.2, 0.25) is 0 Å². The number of carbonyl (C=O) groups excluding carboxylic acids is 1. The highest BCUT2D eigenvalue weighted by molar-refractivity contribution is 7.14. The van der Waals surface area contributed by atoms with Gasteiger partial charge in [-0.25, -0.2) is 4.79 Å². The molecule has 0 spiro atoms. The number of carboxylic acids is 1. The highest BCUT2D eigenvalue weighted by Crippen LogP contribution is 2.30. The molecule has 5 nitrogen and oxygen atoms in total. The number of aryl methyl sites for hydroxylation is 1. The molecule has 0 aliphatic rings. The van der Waals surface area contributed by atoms with Gasteiger partial charge in [-0.1, -0.05) is 13.8 Å². The van der Waals surface area contributed by atoms with Gasteiger partial charge in [0.2, 0.25) is 0 Å². The summed E-state index contributed by atoms with van der Waals surface area (Å²) in [6.07, 6.45) is 0.347. The number of amides is 1. The monoisotopic (exact) mass is 257 g/mol. The van der Waals surface area contributed by atoms with Crippen molar-refractivity contribution in [1.29, 1.82) is 0 Å². The van der Waals surface area contributed by atoms with Crippen molar-refractivity contribution in [2.45, 2.75) is 32.8 Å². The van der Waals surface area contributed by atoms with Crippen molar-refractivity contribution in [2.75, 3.05) is 0 Å². The van der Waals surface area contributed by atoms with Gasteiger partial charge in [0.25, 0.3) is 5.91 Å². The molecule has 1 rings (SSSR count). The zero-order valence-corrected chi connectivity index (χ0v) is 10.5. The molecule has 0 aromatic carbocycles. The Balaban J connectivity index is 2.99. The molecule has 0 saturated carbocycles. The summed E-state index contributed by atoms with van der Waals surface area (Å²) >= 11 is 1.16. The molecule has 1 unspecified atom stereocenters. The molecule has 0 aliphatic carbocycles. The zero-order chi connectivity index (χ0) is 13.0. The number of thiophene rings is 1. The van der Waals surface area contributed by atoms with E-state index in [1.807, 2.05) is 6.92 Å². The minimum absolute atomic E-state index is 0.113. The minimum atomic E-state index is -1.05. The van der Waals surface area contributed by atoms with Gasteiger partial charge in [0.15, 0.2) is 11.0 Å². The molecule has 0 fully saturated rings. The third-order valence-electron chi connectivity index (χ3n) is 2.25. The predicted molar refractivity (Wildman–Crippen MR) is 64.6 cm³/mol. The van der Waals surface area contributed by atoms with Gasteiger partial charge in [-0.15, -0.1) is 11.3 Å². The summed E-state index contributed by atoms with van der Waals surface area (Å²) in [4.78, 5) is 23.1. The molecular weight excluding hydrogens is 242 g/mol. The highest BCUT2D eigenvalue weighted by Gasteiger charge is 2.21. The fraction of sp³-hybridized carbons (Fsp3) is 0.455. The second-order valence-electron chi connectivity index (χ2n) is 3.48. The summed E-state index contributed by atoms with van der Waals surface area (Å²) in [6.45, 7) is 3.68. The van der Waals surface area contributed by atoms with Gasteiger partial charge in [-0.05, 0) is 18.9 Å². The van der Waals surface area contributed by atoms with E-state index < -0.39 is 18.0 Å². The van der Waals surface area contributed by atoms with Crippen LogP contribution in [0.1, 0.15) is 34.8 Å². The Morgan fingerprint density at radius 1 is 1.53 bits per heavy atom. The van der Waals surface area contributed by atoms with Crippen LogP contribution in [0.25, 0.3) is 0 Å². The summed E-state index contributed by atoms with van der Waals surface area (Å²) in [6, 6.07) is 1.65. The number of aromatic carboxylic acids is 1. The van der Waals surface area contributed by atoms with Crippen molar-refractivity contribution in [2.24, 2.45) is 5.73 Å². The van der Waals surface area contributed by atoms with Gasteiger partial charge in [-0.3, -0.25) is 4.79 Å². The second kappa shape index (κ2) is 5.67. The van der Waals surface area contributed by atoms with E-state index in [9.17, 15) is 9.59 Å². The molecular formula is C11H15NO4S. The molecule has 94 valence electrons. The van der Waals surface area contributed by atoms with Gasteiger partial charge in [-0.2, -0.15) is 0 Å². The lowest BCUT2D eigenvalue weighted by atomic mass is 10.2. The van der Waals surface area contributed by atoms with Crippen molar-refractivity contribution < 1.29 is 19.4 Å². The van der Waals surface area contributed by atoms with Crippen LogP contribution in [0.3, 0.4) is 0 Å². The first-order valence-electron chi connectivity index (χ1n) is 5.31. The first-order valence-corrected chi connectivity index (χ1v) is 6.13. The van der Waals surface area contributed by atoms with E-state index in [4.69, 9.17) is 15.6 Å². The Morgan fingerprint density at radius 3 is 2.59 bits per heavy atom. The Morgan fingerprint density at radius 2 is 2.18 bits per heavy atom. The van der Waals surface area contributed by atoms with Gasteiger partial charge >= 0.3 is 5.97 Å². The lowest BCUT2D eigenvalue weighted by Gasteiger charge is -2.13. The van der Waals surface area contributed by atoms with Crippen LogP contribution in [0, 0.1) is 0 Å². The molecule has 1 amide bonds. The number of ether oxygens (including phenoxy) is 1. The van der Waals surface area contributed by atoms with Crippen molar-refractivity contribution in [3.8, 4) is 5.75 Å². The predicted octanol–water partition coefficient (Wildman–Crippen LogP) is 1.65. The summed E-state index contributed by atoms with van der Waals surface area (Å²) in [5, 5.41) is 9.01. The maximum Gasteiger partial charge on any atom is 0.349 e. The first-order chi connectivity index (χ1) is 7.99. The molecule has 0 aliphatic heterocycles. The van der Waals surface area contributed by atoms with Crippen LogP contribution in [-0.2, 0) is 11.2 Å². The molecule has 17 heavy (non-hydrogen) atoms. The van der Waals surface area contributed by atoms with Crippen LogP contribution < -0.4 is 10.5 Å². The van der Waals surface area contributed by atoms with E-state index in [2.05, 4.69) is 0 Å². The second-order valence-corrected chi connectivity index (χ2v) is 4.62. The number of nitrogens with two attached hydrogens (primary N) is 1. The van der Waals surface area contributed by atoms with Crippen molar-refractivity contribution in [3.05, 3.63) is 15.8 Å². The fourth-order valence-corrected chi connectivity index (χ4v) is 2.20. The summed E-state index contributed by atoms with van der Waals surface area (Å²) in [5.74, 6) is -1.41. The molecule has 1 heterocycles. The Kier molecular flexibility index (Phi) is 4.51. The number of hydrogen-bond acceptors (Lipinski definition) is 4. The SMILES string of the molecule is CCc1cc(OC(CC)C(N)=O)c(C(=O)O)s1. The number of primary amides is 1.